The number of imidazole rings is 1. The molecular formula is C21H26N4O2. The second-order valence-corrected chi connectivity index (χ2v) is 7.78. The van der Waals surface area contributed by atoms with E-state index in [1.54, 1.807) is 4.90 Å². The molecule has 3 heterocycles. The van der Waals surface area contributed by atoms with Gasteiger partial charge in [-0.1, -0.05) is 32.0 Å². The Hall–Kier alpha value is -2.63. The van der Waals surface area contributed by atoms with Crippen molar-refractivity contribution >= 4 is 17.5 Å². The average Bonchev–Trinajstić information content (AvgIpc) is 3.27. The lowest BCUT2D eigenvalue weighted by atomic mass is 10.1. The summed E-state index contributed by atoms with van der Waals surface area (Å²) in [5.74, 6) is 0.493. The number of para-hydroxylation sites is 1. The second-order valence-electron chi connectivity index (χ2n) is 7.78. The number of carbonyl (C=O) groups excluding carboxylic acids is 2. The van der Waals surface area contributed by atoms with Crippen molar-refractivity contribution in [2.75, 3.05) is 18.0 Å². The number of nitrogens with one attached hydrogen (secondary N) is 1. The minimum absolute atomic E-state index is 0.106. The highest BCUT2D eigenvalue weighted by Crippen LogP contribution is 2.30. The smallest absolute Gasteiger partial charge is 0.294 e. The van der Waals surface area contributed by atoms with Crippen LogP contribution in [0.3, 0.4) is 0 Å². The molecule has 1 N–H and O–H groups in total. The Labute approximate surface area is 159 Å². The maximum Gasteiger partial charge on any atom is 0.294 e. The topological polar surface area (TPSA) is 67.2 Å². The Bertz CT molecular complexity index is 884. The predicted molar refractivity (Wildman–Crippen MR) is 104 cm³/mol. The molecule has 2 aliphatic rings. The first-order valence-electron chi connectivity index (χ1n) is 9.83. The van der Waals surface area contributed by atoms with Gasteiger partial charge in [-0.05, 0) is 43.2 Å². The SMILES string of the molecule is CC(C)CNC(=O)c1nc(C(=O)N2CCc3ccccc32)n2c1CCCC2. The molecule has 1 aromatic heterocycles. The van der Waals surface area contributed by atoms with Gasteiger partial charge < -0.3 is 14.8 Å². The van der Waals surface area contributed by atoms with Gasteiger partial charge in [0.2, 0.25) is 5.82 Å². The van der Waals surface area contributed by atoms with Crippen molar-refractivity contribution in [1.29, 1.82) is 0 Å². The third kappa shape index (κ3) is 3.24. The summed E-state index contributed by atoms with van der Waals surface area (Å²) in [4.78, 5) is 32.3. The fourth-order valence-electron chi connectivity index (χ4n) is 3.94. The summed E-state index contributed by atoms with van der Waals surface area (Å²) < 4.78 is 1.97. The van der Waals surface area contributed by atoms with Crippen molar-refractivity contribution in [2.24, 2.45) is 5.92 Å². The maximum absolute atomic E-state index is 13.3. The van der Waals surface area contributed by atoms with Crippen molar-refractivity contribution < 1.29 is 9.59 Å². The van der Waals surface area contributed by atoms with E-state index in [2.05, 4.69) is 30.2 Å². The Morgan fingerprint density at radius 2 is 1.96 bits per heavy atom. The maximum atomic E-state index is 13.3. The molecule has 0 aliphatic carbocycles. The third-order valence-electron chi connectivity index (χ3n) is 5.33. The first-order chi connectivity index (χ1) is 13.1. The number of fused-ring (bicyclic) bond motifs is 2. The predicted octanol–water partition coefficient (Wildman–Crippen LogP) is 2.81. The zero-order valence-corrected chi connectivity index (χ0v) is 16.0. The molecule has 4 rings (SSSR count). The Kier molecular flexibility index (Phi) is 4.72. The van der Waals surface area contributed by atoms with Crippen molar-refractivity contribution in [3.8, 4) is 0 Å². The van der Waals surface area contributed by atoms with Gasteiger partial charge in [-0.3, -0.25) is 9.59 Å². The van der Waals surface area contributed by atoms with E-state index in [-0.39, 0.29) is 11.8 Å². The average molecular weight is 366 g/mol. The van der Waals surface area contributed by atoms with Crippen LogP contribution in [0.25, 0.3) is 0 Å². The quantitative estimate of drug-likeness (QED) is 0.905. The summed E-state index contributed by atoms with van der Waals surface area (Å²) in [7, 11) is 0. The molecule has 0 bridgehead atoms. The highest BCUT2D eigenvalue weighted by atomic mass is 16.2. The van der Waals surface area contributed by atoms with Crippen LogP contribution in [0, 0.1) is 5.92 Å². The normalized spacial score (nSPS) is 15.6. The van der Waals surface area contributed by atoms with Crippen LogP contribution < -0.4 is 10.2 Å². The van der Waals surface area contributed by atoms with Gasteiger partial charge in [-0.2, -0.15) is 0 Å². The molecule has 0 spiro atoms. The number of aromatic nitrogens is 2. The first-order valence-corrected chi connectivity index (χ1v) is 9.83. The number of benzene rings is 1. The molecule has 0 saturated heterocycles. The number of hydrogen-bond acceptors (Lipinski definition) is 3. The van der Waals surface area contributed by atoms with Crippen LogP contribution in [0.4, 0.5) is 5.69 Å². The molecule has 0 unspecified atom stereocenters. The lowest BCUT2D eigenvalue weighted by Gasteiger charge is -2.20. The first kappa shape index (κ1) is 17.8. The van der Waals surface area contributed by atoms with E-state index in [0.717, 1.165) is 43.6 Å². The summed E-state index contributed by atoms with van der Waals surface area (Å²) in [6, 6.07) is 8.00. The van der Waals surface area contributed by atoms with Gasteiger partial charge in [0.1, 0.15) is 5.69 Å². The van der Waals surface area contributed by atoms with Crippen molar-refractivity contribution in [3.05, 3.63) is 47.0 Å². The standard InChI is InChI=1S/C21H26N4O2/c1-14(2)13-22-20(26)18-17-9-5-6-11-24(17)19(23-18)21(27)25-12-10-15-7-3-4-8-16(15)25/h3-4,7-8,14H,5-6,9-13H2,1-2H3,(H,22,26). The lowest BCUT2D eigenvalue weighted by Crippen LogP contribution is -2.32. The Balaban J connectivity index is 1.67. The van der Waals surface area contributed by atoms with Gasteiger partial charge in [0.05, 0.1) is 5.69 Å². The van der Waals surface area contributed by atoms with Gasteiger partial charge in [-0.15, -0.1) is 0 Å². The number of rotatable bonds is 4. The molecular weight excluding hydrogens is 340 g/mol. The van der Waals surface area contributed by atoms with Crippen LogP contribution in [-0.2, 0) is 19.4 Å². The molecule has 2 amide bonds. The van der Waals surface area contributed by atoms with Crippen LogP contribution in [0.15, 0.2) is 24.3 Å². The molecule has 1 aromatic carbocycles. The monoisotopic (exact) mass is 366 g/mol. The fourth-order valence-corrected chi connectivity index (χ4v) is 3.94. The van der Waals surface area contributed by atoms with Crippen molar-refractivity contribution in [2.45, 2.75) is 46.1 Å². The fraction of sp³-hybridized carbons (Fsp3) is 0.476. The Morgan fingerprint density at radius 3 is 2.78 bits per heavy atom. The van der Waals surface area contributed by atoms with Crippen LogP contribution in [0.5, 0.6) is 0 Å². The largest absolute Gasteiger partial charge is 0.350 e. The summed E-state index contributed by atoms with van der Waals surface area (Å²) in [6.45, 7) is 6.13. The van der Waals surface area contributed by atoms with E-state index >= 15 is 0 Å². The lowest BCUT2D eigenvalue weighted by molar-refractivity contribution is 0.0943. The highest BCUT2D eigenvalue weighted by Gasteiger charge is 2.32. The minimum Gasteiger partial charge on any atom is -0.350 e. The summed E-state index contributed by atoms with van der Waals surface area (Å²) >= 11 is 0. The number of carbonyl (C=O) groups is 2. The Morgan fingerprint density at radius 1 is 1.15 bits per heavy atom. The molecule has 2 aliphatic heterocycles. The number of nitrogens with zero attached hydrogens (tertiary/aromatic N) is 3. The number of amides is 2. The van der Waals surface area contributed by atoms with E-state index in [1.165, 1.54) is 5.56 Å². The number of anilines is 1. The van der Waals surface area contributed by atoms with E-state index < -0.39 is 0 Å². The van der Waals surface area contributed by atoms with Crippen LogP contribution >= 0.6 is 0 Å². The van der Waals surface area contributed by atoms with Crippen molar-refractivity contribution in [1.82, 2.24) is 14.9 Å². The van der Waals surface area contributed by atoms with Crippen LogP contribution in [0.1, 0.15) is 59.1 Å². The summed E-state index contributed by atoms with van der Waals surface area (Å²) in [6.07, 6.45) is 3.68. The minimum atomic E-state index is -0.171. The van der Waals surface area contributed by atoms with Crippen molar-refractivity contribution in [3.63, 3.8) is 0 Å². The van der Waals surface area contributed by atoms with Gasteiger partial charge in [0.15, 0.2) is 0 Å². The van der Waals surface area contributed by atoms with E-state index in [9.17, 15) is 9.59 Å². The van der Waals surface area contributed by atoms with Gasteiger partial charge in [-0.25, -0.2) is 4.98 Å². The zero-order chi connectivity index (χ0) is 19.0. The molecule has 0 radical (unpaired) electrons. The molecule has 2 aromatic rings. The molecule has 0 atom stereocenters. The molecule has 27 heavy (non-hydrogen) atoms. The molecule has 6 heteroatoms. The van der Waals surface area contributed by atoms with Gasteiger partial charge in [0, 0.05) is 25.3 Å². The van der Waals surface area contributed by atoms with Crippen LogP contribution in [0.2, 0.25) is 0 Å². The zero-order valence-electron chi connectivity index (χ0n) is 16.0. The molecule has 0 saturated carbocycles. The van der Waals surface area contributed by atoms with Crippen LogP contribution in [-0.4, -0.2) is 34.5 Å². The van der Waals surface area contributed by atoms with Gasteiger partial charge in [0.25, 0.3) is 11.8 Å². The van der Waals surface area contributed by atoms with E-state index in [0.29, 0.717) is 30.5 Å². The molecule has 142 valence electrons. The number of hydrogen-bond donors (Lipinski definition) is 1. The summed E-state index contributed by atoms with van der Waals surface area (Å²) in [5.41, 5.74) is 3.47. The highest BCUT2D eigenvalue weighted by molar-refractivity contribution is 6.06. The summed E-state index contributed by atoms with van der Waals surface area (Å²) in [5, 5.41) is 2.95. The second kappa shape index (κ2) is 7.18. The molecule has 0 fully saturated rings. The van der Waals surface area contributed by atoms with Gasteiger partial charge >= 0.3 is 0 Å². The van der Waals surface area contributed by atoms with E-state index in [1.807, 2.05) is 22.8 Å². The third-order valence-corrected chi connectivity index (χ3v) is 5.33. The van der Waals surface area contributed by atoms with E-state index in [4.69, 9.17) is 0 Å². The molecule has 6 nitrogen and oxygen atoms in total.